The summed E-state index contributed by atoms with van der Waals surface area (Å²) in [7, 11) is 1.28. The van der Waals surface area contributed by atoms with Gasteiger partial charge in [0.25, 0.3) is 0 Å². The number of carbonyl (C=O) groups excluding carboxylic acids is 1. The summed E-state index contributed by atoms with van der Waals surface area (Å²) in [5.74, 6) is -1.69. The molecule has 0 fully saturated rings. The van der Waals surface area contributed by atoms with Crippen LogP contribution in [-0.4, -0.2) is 23.1 Å². The molecule has 0 heterocycles. The molecule has 0 saturated carbocycles. The average molecular weight is 251 g/mol. The molecular weight excluding hydrogens is 243 g/mol. The summed E-state index contributed by atoms with van der Waals surface area (Å²) in [6, 6.07) is 0. The summed E-state index contributed by atoms with van der Waals surface area (Å²) in [6.45, 7) is 1.17. The first-order valence-corrected chi connectivity index (χ1v) is 4.65. The zero-order valence-corrected chi connectivity index (χ0v) is 9.48. The third-order valence-electron chi connectivity index (χ3n) is 1.84. The smallest absolute Gasteiger partial charge is 0.167 e. The molecule has 2 N–H and O–H groups in total. The lowest BCUT2D eigenvalue weighted by atomic mass is 10.1. The summed E-state index contributed by atoms with van der Waals surface area (Å²) in [4.78, 5) is 11.1. The van der Waals surface area contributed by atoms with Gasteiger partial charge in [0.1, 0.15) is 15.6 Å². The van der Waals surface area contributed by atoms with Gasteiger partial charge in [-0.1, -0.05) is 23.2 Å². The molecule has 82 valence electrons. The van der Waals surface area contributed by atoms with Crippen molar-refractivity contribution in [2.24, 2.45) is 0 Å². The molecule has 6 heteroatoms. The fourth-order valence-corrected chi connectivity index (χ4v) is 1.74. The minimum absolute atomic E-state index is 0.0710. The Morgan fingerprint density at radius 1 is 1.20 bits per heavy atom. The van der Waals surface area contributed by atoms with E-state index < -0.39 is 17.3 Å². The normalized spacial score (nSPS) is 10.1. The monoisotopic (exact) mass is 250 g/mol. The van der Waals surface area contributed by atoms with Crippen LogP contribution in [0.15, 0.2) is 0 Å². The number of Topliss-reactive ketones (excluding diaryl/α,β-unsaturated/α-hetero) is 1. The Hall–Kier alpha value is -1.13. The Labute approximate surface area is 96.0 Å². The molecular formula is C9H8Cl2O4. The molecule has 1 aromatic rings. The van der Waals surface area contributed by atoms with E-state index in [1.807, 2.05) is 0 Å². The topological polar surface area (TPSA) is 66.8 Å². The van der Waals surface area contributed by atoms with E-state index in [-0.39, 0.29) is 21.4 Å². The number of hydrogen-bond donors (Lipinski definition) is 2. The van der Waals surface area contributed by atoms with Crippen LogP contribution in [-0.2, 0) is 0 Å². The van der Waals surface area contributed by atoms with E-state index in [9.17, 15) is 15.0 Å². The summed E-state index contributed by atoms with van der Waals surface area (Å²) >= 11 is 11.4. The Morgan fingerprint density at radius 3 is 1.87 bits per heavy atom. The van der Waals surface area contributed by atoms with Gasteiger partial charge in [-0.25, -0.2) is 0 Å². The van der Waals surface area contributed by atoms with Crippen LogP contribution in [0.2, 0.25) is 10.0 Å². The highest BCUT2D eigenvalue weighted by molar-refractivity contribution is 6.40. The van der Waals surface area contributed by atoms with Gasteiger partial charge < -0.3 is 14.9 Å². The van der Waals surface area contributed by atoms with Gasteiger partial charge in [0.05, 0.1) is 7.11 Å². The molecule has 0 aliphatic rings. The number of halogens is 2. The fourth-order valence-electron chi connectivity index (χ4n) is 1.16. The summed E-state index contributed by atoms with van der Waals surface area (Å²) in [5.41, 5.74) is -0.314. The van der Waals surface area contributed by atoms with Crippen LogP contribution in [0.5, 0.6) is 17.2 Å². The summed E-state index contributed by atoms with van der Waals surface area (Å²) in [6.07, 6.45) is 0. The van der Waals surface area contributed by atoms with E-state index >= 15 is 0 Å². The maximum atomic E-state index is 11.1. The highest BCUT2D eigenvalue weighted by Crippen LogP contribution is 2.48. The number of phenolic OH excluding ortho intramolecular Hbond substituents is 2. The maximum Gasteiger partial charge on any atom is 0.167 e. The van der Waals surface area contributed by atoms with Crippen molar-refractivity contribution in [3.05, 3.63) is 15.6 Å². The number of hydrogen-bond acceptors (Lipinski definition) is 4. The van der Waals surface area contributed by atoms with Gasteiger partial charge in [0.2, 0.25) is 0 Å². The molecule has 0 amide bonds. The van der Waals surface area contributed by atoms with Crippen LogP contribution in [0.3, 0.4) is 0 Å². The van der Waals surface area contributed by atoms with Crippen molar-refractivity contribution in [3.63, 3.8) is 0 Å². The Balaban J connectivity index is 3.66. The highest BCUT2D eigenvalue weighted by Gasteiger charge is 2.24. The van der Waals surface area contributed by atoms with Crippen molar-refractivity contribution >= 4 is 29.0 Å². The molecule has 0 unspecified atom stereocenters. The van der Waals surface area contributed by atoms with E-state index in [1.54, 1.807) is 0 Å². The van der Waals surface area contributed by atoms with Crippen LogP contribution in [0, 0.1) is 0 Å². The number of benzene rings is 1. The van der Waals surface area contributed by atoms with Gasteiger partial charge in [-0.2, -0.15) is 0 Å². The number of phenols is 2. The lowest BCUT2D eigenvalue weighted by Crippen LogP contribution is -1.97. The number of rotatable bonds is 2. The molecule has 15 heavy (non-hydrogen) atoms. The Bertz CT molecular complexity index is 400. The zero-order chi connectivity index (χ0) is 11.7. The van der Waals surface area contributed by atoms with E-state index in [0.717, 1.165) is 0 Å². The van der Waals surface area contributed by atoms with Gasteiger partial charge in [-0.05, 0) is 6.92 Å². The van der Waals surface area contributed by atoms with Crippen molar-refractivity contribution in [1.29, 1.82) is 0 Å². The van der Waals surface area contributed by atoms with Gasteiger partial charge in [0.15, 0.2) is 23.0 Å². The Morgan fingerprint density at radius 2 is 1.60 bits per heavy atom. The second-order valence-electron chi connectivity index (χ2n) is 2.79. The van der Waals surface area contributed by atoms with E-state index in [1.165, 1.54) is 14.0 Å². The van der Waals surface area contributed by atoms with Gasteiger partial charge in [-0.15, -0.1) is 0 Å². The highest BCUT2D eigenvalue weighted by atomic mass is 35.5. The molecule has 0 bridgehead atoms. The van der Waals surface area contributed by atoms with Crippen molar-refractivity contribution in [3.8, 4) is 17.2 Å². The van der Waals surface area contributed by atoms with E-state index in [4.69, 9.17) is 27.9 Å². The molecule has 1 rings (SSSR count). The van der Waals surface area contributed by atoms with Crippen LogP contribution in [0.25, 0.3) is 0 Å². The lowest BCUT2D eigenvalue weighted by Gasteiger charge is -2.12. The molecule has 0 spiro atoms. The first kappa shape index (κ1) is 11.9. The molecule has 0 atom stereocenters. The number of methoxy groups -OCH3 is 1. The predicted octanol–water partition coefficient (Wildman–Crippen LogP) is 2.62. The molecule has 0 aliphatic heterocycles. The van der Waals surface area contributed by atoms with Gasteiger partial charge in [-0.3, -0.25) is 4.79 Å². The molecule has 4 nitrogen and oxygen atoms in total. The quantitative estimate of drug-likeness (QED) is 0.793. The van der Waals surface area contributed by atoms with E-state index in [2.05, 4.69) is 0 Å². The number of aromatic hydroxyl groups is 2. The van der Waals surface area contributed by atoms with Crippen molar-refractivity contribution in [2.45, 2.75) is 6.92 Å². The van der Waals surface area contributed by atoms with Crippen LogP contribution >= 0.6 is 23.2 Å². The SMILES string of the molecule is COc1c(Cl)c(O)c(C(C)=O)c(O)c1Cl. The molecule has 0 saturated heterocycles. The standard InChI is InChI=1S/C9H8Cl2O4/c1-3(12)4-7(13)5(10)9(15-2)6(11)8(4)14/h13-14H,1-2H3. The summed E-state index contributed by atoms with van der Waals surface area (Å²) < 4.78 is 4.78. The Kier molecular flexibility index (Phi) is 3.31. The minimum Gasteiger partial charge on any atom is -0.505 e. The number of carbonyl (C=O) groups is 1. The van der Waals surface area contributed by atoms with Crippen LogP contribution in [0.4, 0.5) is 0 Å². The van der Waals surface area contributed by atoms with Crippen LogP contribution in [0.1, 0.15) is 17.3 Å². The van der Waals surface area contributed by atoms with Crippen LogP contribution < -0.4 is 4.74 Å². The first-order valence-electron chi connectivity index (χ1n) is 3.89. The van der Waals surface area contributed by atoms with Gasteiger partial charge in [0, 0.05) is 0 Å². The zero-order valence-electron chi connectivity index (χ0n) is 7.97. The molecule has 0 aromatic heterocycles. The predicted molar refractivity (Wildman–Crippen MR) is 56.3 cm³/mol. The second-order valence-corrected chi connectivity index (χ2v) is 3.55. The van der Waals surface area contributed by atoms with Crippen molar-refractivity contribution in [2.75, 3.05) is 7.11 Å². The lowest BCUT2D eigenvalue weighted by molar-refractivity contribution is 0.101. The molecule has 0 aliphatic carbocycles. The van der Waals surface area contributed by atoms with E-state index in [0.29, 0.717) is 0 Å². The van der Waals surface area contributed by atoms with Crippen molar-refractivity contribution in [1.82, 2.24) is 0 Å². The fraction of sp³-hybridized carbons (Fsp3) is 0.222. The molecule has 0 radical (unpaired) electrons. The minimum atomic E-state index is -0.545. The average Bonchev–Trinajstić information content (AvgIpc) is 2.16. The maximum absolute atomic E-state index is 11.1. The van der Waals surface area contributed by atoms with Crippen molar-refractivity contribution < 1.29 is 19.7 Å². The largest absolute Gasteiger partial charge is 0.505 e. The first-order chi connectivity index (χ1) is 6.91. The molecule has 1 aromatic carbocycles. The number of ether oxygens (including phenoxy) is 1. The number of ketones is 1. The third-order valence-corrected chi connectivity index (χ3v) is 2.55. The summed E-state index contributed by atoms with van der Waals surface area (Å²) in [5, 5.41) is 18.7. The third kappa shape index (κ3) is 1.82. The second kappa shape index (κ2) is 4.16. The van der Waals surface area contributed by atoms with Gasteiger partial charge >= 0.3 is 0 Å².